The number of nitrogens with one attached hydrogen (secondary N) is 2. The number of piperazine rings is 1. The summed E-state index contributed by atoms with van der Waals surface area (Å²) in [4.78, 5) is 27.9. The molecule has 7 nitrogen and oxygen atoms in total. The number of nitrogens with zero attached hydrogens (tertiary/aromatic N) is 2. The first-order valence-corrected chi connectivity index (χ1v) is 12.7. The van der Waals surface area contributed by atoms with Crippen LogP contribution >= 0.6 is 23.2 Å². The van der Waals surface area contributed by atoms with Crippen molar-refractivity contribution in [2.24, 2.45) is 0 Å². The van der Waals surface area contributed by atoms with Gasteiger partial charge in [-0.3, -0.25) is 14.9 Å². The molecule has 0 radical (unpaired) electrons. The van der Waals surface area contributed by atoms with E-state index < -0.39 is 0 Å². The van der Waals surface area contributed by atoms with Crippen LogP contribution in [0.1, 0.15) is 56.6 Å². The predicted octanol–water partition coefficient (Wildman–Crippen LogP) is 5.01. The van der Waals surface area contributed by atoms with Gasteiger partial charge in [-0.25, -0.2) is 10.3 Å². The van der Waals surface area contributed by atoms with Crippen LogP contribution in [0, 0.1) is 0 Å². The number of hydroxylamine groups is 1. The second-order valence-corrected chi connectivity index (χ2v) is 9.69. The van der Waals surface area contributed by atoms with Gasteiger partial charge in [0, 0.05) is 49.2 Å². The Labute approximate surface area is 211 Å². The van der Waals surface area contributed by atoms with Crippen LogP contribution in [0.15, 0.2) is 47.0 Å². The van der Waals surface area contributed by atoms with E-state index in [2.05, 4.69) is 28.4 Å². The quantitative estimate of drug-likeness (QED) is 0.235. The molecule has 3 rings (SSSR count). The van der Waals surface area contributed by atoms with Crippen molar-refractivity contribution in [3.63, 3.8) is 0 Å². The Morgan fingerprint density at radius 2 is 1.65 bits per heavy atom. The first-order chi connectivity index (χ1) is 16.5. The van der Waals surface area contributed by atoms with E-state index in [1.807, 2.05) is 23.1 Å². The molecule has 1 unspecified atom stereocenters. The molecule has 1 saturated heterocycles. The molecule has 0 spiro atoms. The molecule has 0 aromatic heterocycles. The molecule has 2 aliphatic rings. The number of halogens is 2. The molecule has 1 aromatic carbocycles. The van der Waals surface area contributed by atoms with Crippen molar-refractivity contribution in [1.82, 2.24) is 20.6 Å². The van der Waals surface area contributed by atoms with Gasteiger partial charge in [0.15, 0.2) is 0 Å². The highest BCUT2D eigenvalue weighted by Gasteiger charge is 2.29. The van der Waals surface area contributed by atoms with Gasteiger partial charge in [-0.05, 0) is 55.0 Å². The van der Waals surface area contributed by atoms with Gasteiger partial charge in [-0.2, -0.15) is 0 Å². The normalized spacial score (nSPS) is 17.6. The smallest absolute Gasteiger partial charge is 0.317 e. The van der Waals surface area contributed by atoms with Crippen LogP contribution in [0.5, 0.6) is 0 Å². The Bertz CT molecular complexity index is 881. The highest BCUT2D eigenvalue weighted by Crippen LogP contribution is 2.36. The zero-order chi connectivity index (χ0) is 24.3. The monoisotopic (exact) mass is 508 g/mol. The second-order valence-electron chi connectivity index (χ2n) is 8.76. The maximum absolute atomic E-state index is 12.6. The molecular formula is C25H34Cl2N4O3. The van der Waals surface area contributed by atoms with Crippen LogP contribution in [-0.4, -0.2) is 59.7 Å². The molecule has 34 heavy (non-hydrogen) atoms. The Hall–Kier alpha value is -2.06. The van der Waals surface area contributed by atoms with Gasteiger partial charge in [-0.1, -0.05) is 54.3 Å². The van der Waals surface area contributed by atoms with Crippen LogP contribution in [0.3, 0.4) is 0 Å². The average Bonchev–Trinajstić information content (AvgIpc) is 2.86. The third-order valence-corrected chi connectivity index (χ3v) is 6.93. The van der Waals surface area contributed by atoms with Crippen molar-refractivity contribution in [3.05, 3.63) is 57.6 Å². The summed E-state index contributed by atoms with van der Waals surface area (Å²) in [5.74, 6) is -0.356. The lowest BCUT2D eigenvalue weighted by atomic mass is 9.90. The molecule has 0 saturated carbocycles. The molecule has 3 amide bonds. The van der Waals surface area contributed by atoms with Gasteiger partial charge in [0.1, 0.15) is 0 Å². The fourth-order valence-corrected chi connectivity index (χ4v) is 4.75. The zero-order valence-corrected chi connectivity index (χ0v) is 21.0. The summed E-state index contributed by atoms with van der Waals surface area (Å²) in [5, 5.41) is 13.1. The Kier molecular flexibility index (Phi) is 10.7. The lowest BCUT2D eigenvalue weighted by Gasteiger charge is -2.41. The van der Waals surface area contributed by atoms with Crippen LogP contribution in [0.25, 0.3) is 0 Å². The van der Waals surface area contributed by atoms with Gasteiger partial charge in [0.2, 0.25) is 5.91 Å². The summed E-state index contributed by atoms with van der Waals surface area (Å²) in [6.07, 6.45) is 9.67. The van der Waals surface area contributed by atoms with E-state index in [0.29, 0.717) is 26.1 Å². The number of hydrogen-bond acceptors (Lipinski definition) is 4. The average molecular weight is 509 g/mol. The predicted molar refractivity (Wildman–Crippen MR) is 135 cm³/mol. The van der Waals surface area contributed by atoms with Crippen molar-refractivity contribution >= 4 is 35.1 Å². The number of urea groups is 1. The van der Waals surface area contributed by atoms with Gasteiger partial charge < -0.3 is 10.2 Å². The first kappa shape index (κ1) is 26.5. The van der Waals surface area contributed by atoms with Crippen LogP contribution < -0.4 is 10.8 Å². The van der Waals surface area contributed by atoms with Gasteiger partial charge in [0.05, 0.1) is 6.04 Å². The number of rotatable bonds is 10. The molecule has 0 bridgehead atoms. The van der Waals surface area contributed by atoms with E-state index >= 15 is 0 Å². The summed E-state index contributed by atoms with van der Waals surface area (Å²) in [5.41, 5.74) is 4.18. The highest BCUT2D eigenvalue weighted by molar-refractivity contribution is 6.30. The first-order valence-electron chi connectivity index (χ1n) is 12.0. The number of carbonyl (C=O) groups excluding carboxylic acids is 2. The SMILES string of the molecule is O=C(CCCCCCNC(=O)N1CCN(C(C2=CC=C(Cl)CC2)c2ccc(Cl)cc2)CC1)NO. The lowest BCUT2D eigenvalue weighted by molar-refractivity contribution is -0.129. The van der Waals surface area contributed by atoms with Crippen molar-refractivity contribution in [2.75, 3.05) is 32.7 Å². The minimum absolute atomic E-state index is 0.0195. The summed E-state index contributed by atoms with van der Waals surface area (Å²) in [7, 11) is 0. The molecule has 1 heterocycles. The van der Waals surface area contributed by atoms with E-state index in [9.17, 15) is 9.59 Å². The molecule has 1 aliphatic heterocycles. The molecule has 1 aromatic rings. The number of unbranched alkanes of at least 4 members (excludes halogenated alkanes) is 3. The molecule has 1 atom stereocenters. The summed E-state index contributed by atoms with van der Waals surface area (Å²) >= 11 is 12.3. The van der Waals surface area contributed by atoms with E-state index in [1.54, 1.807) is 5.48 Å². The molecule has 1 aliphatic carbocycles. The van der Waals surface area contributed by atoms with E-state index in [4.69, 9.17) is 28.4 Å². The van der Waals surface area contributed by atoms with E-state index in [1.165, 1.54) is 11.1 Å². The van der Waals surface area contributed by atoms with E-state index in [0.717, 1.165) is 61.7 Å². The van der Waals surface area contributed by atoms with Crippen molar-refractivity contribution < 1.29 is 14.8 Å². The number of allylic oxidation sites excluding steroid dienone is 3. The molecule has 9 heteroatoms. The number of benzene rings is 1. The standard InChI is InChI=1S/C25H34Cl2N4O3/c26-21-10-6-19(7-11-21)24(20-8-12-22(27)13-9-20)30-15-17-31(18-16-30)25(33)28-14-4-2-1-3-5-23(32)29-34/h6-8,10-12,24,34H,1-5,9,13-18H2,(H,28,33)(H,29,32). The minimum atomic E-state index is -0.356. The van der Waals surface area contributed by atoms with Gasteiger partial charge in [0.25, 0.3) is 0 Å². The van der Waals surface area contributed by atoms with Crippen molar-refractivity contribution in [3.8, 4) is 0 Å². The number of hydrogen-bond donors (Lipinski definition) is 3. The van der Waals surface area contributed by atoms with Crippen molar-refractivity contribution in [1.29, 1.82) is 0 Å². The van der Waals surface area contributed by atoms with Gasteiger partial charge in [-0.15, -0.1) is 0 Å². The zero-order valence-electron chi connectivity index (χ0n) is 19.4. The highest BCUT2D eigenvalue weighted by atomic mass is 35.5. The maximum Gasteiger partial charge on any atom is 0.317 e. The number of amides is 3. The molecule has 186 valence electrons. The molecule has 3 N–H and O–H groups in total. The summed E-state index contributed by atoms with van der Waals surface area (Å²) in [6, 6.07) is 8.17. The molecule has 1 fully saturated rings. The molecular weight excluding hydrogens is 475 g/mol. The minimum Gasteiger partial charge on any atom is -0.338 e. The maximum atomic E-state index is 12.6. The largest absolute Gasteiger partial charge is 0.338 e. The third-order valence-electron chi connectivity index (χ3n) is 6.37. The Morgan fingerprint density at radius 1 is 0.941 bits per heavy atom. The van der Waals surface area contributed by atoms with Gasteiger partial charge >= 0.3 is 6.03 Å². The summed E-state index contributed by atoms with van der Waals surface area (Å²) < 4.78 is 0. The summed E-state index contributed by atoms with van der Waals surface area (Å²) in [6.45, 7) is 3.57. The van der Waals surface area contributed by atoms with Crippen LogP contribution in [0.2, 0.25) is 5.02 Å². The Morgan fingerprint density at radius 3 is 2.29 bits per heavy atom. The topological polar surface area (TPSA) is 84.9 Å². The Balaban J connectivity index is 1.47. The van der Waals surface area contributed by atoms with Crippen LogP contribution in [0.4, 0.5) is 4.79 Å². The second kappa shape index (κ2) is 13.7. The third kappa shape index (κ3) is 8.01. The van der Waals surface area contributed by atoms with Crippen molar-refractivity contribution in [2.45, 2.75) is 51.0 Å². The fourth-order valence-electron chi connectivity index (χ4n) is 4.47. The van der Waals surface area contributed by atoms with E-state index in [-0.39, 0.29) is 18.0 Å². The lowest BCUT2D eigenvalue weighted by Crippen LogP contribution is -2.52. The number of carbonyl (C=O) groups is 2. The fraction of sp³-hybridized carbons (Fsp3) is 0.520. The van der Waals surface area contributed by atoms with Crippen LogP contribution in [-0.2, 0) is 4.79 Å².